The Labute approximate surface area is 86.9 Å². The molecule has 0 aromatic heterocycles. The summed E-state index contributed by atoms with van der Waals surface area (Å²) in [5.41, 5.74) is 0.327. The summed E-state index contributed by atoms with van der Waals surface area (Å²) < 4.78 is 12.2. The summed E-state index contributed by atoms with van der Waals surface area (Å²) in [7, 11) is -1.38. The molecule has 0 amide bonds. The summed E-state index contributed by atoms with van der Waals surface area (Å²) in [5.74, 6) is 0. The fourth-order valence-electron chi connectivity index (χ4n) is 2.82. The first kappa shape index (κ1) is 10.6. The van der Waals surface area contributed by atoms with Crippen LogP contribution in [0.15, 0.2) is 0 Å². The highest BCUT2D eigenvalue weighted by molar-refractivity contribution is 7.47. The van der Waals surface area contributed by atoms with E-state index in [1.54, 1.807) is 0 Å². The van der Waals surface area contributed by atoms with E-state index in [9.17, 15) is 9.67 Å². The van der Waals surface area contributed by atoms with Crippen molar-refractivity contribution in [3.63, 3.8) is 0 Å². The van der Waals surface area contributed by atoms with Gasteiger partial charge in [-0.15, -0.1) is 0 Å². The molecule has 2 aliphatic carbocycles. The molecule has 0 heterocycles. The van der Waals surface area contributed by atoms with Crippen molar-refractivity contribution in [2.45, 2.75) is 68.8 Å². The molecule has 80 valence electrons. The third-order valence-electron chi connectivity index (χ3n) is 3.72. The zero-order valence-electron chi connectivity index (χ0n) is 8.74. The predicted octanol–water partition coefficient (Wildman–Crippen LogP) is 3.41. The number of hydrogen-bond acceptors (Lipinski definition) is 2. The largest absolute Gasteiger partial charge is 0.376 e. The van der Waals surface area contributed by atoms with Crippen LogP contribution in [0.1, 0.15) is 57.8 Å². The maximum atomic E-state index is 12.2. The van der Waals surface area contributed by atoms with Gasteiger partial charge >= 0.3 is 7.80 Å². The van der Waals surface area contributed by atoms with Gasteiger partial charge in [-0.25, -0.2) is 0 Å². The highest BCUT2D eigenvalue weighted by atomic mass is 31.1. The van der Waals surface area contributed by atoms with Crippen molar-refractivity contribution in [1.29, 1.82) is 0 Å². The van der Waals surface area contributed by atoms with Crippen LogP contribution in [-0.2, 0) is 4.57 Å². The molecule has 2 rings (SSSR count). The molecular weight excluding hydrogens is 195 g/mol. The predicted molar refractivity (Wildman–Crippen MR) is 57.9 cm³/mol. The maximum Gasteiger partial charge on any atom is 0.376 e. The quantitative estimate of drug-likeness (QED) is 0.717. The molecule has 0 aromatic carbocycles. The molecule has 1 atom stereocenters. The standard InChI is InChI=1S/C11H20O2P/c12-11(8-4-1-5-9-11)14(13)10-6-2-3-7-10/h10,12H,1-9H2/q+1. The monoisotopic (exact) mass is 215 g/mol. The summed E-state index contributed by atoms with van der Waals surface area (Å²) in [6.07, 6.45) is 9.46. The van der Waals surface area contributed by atoms with Crippen LogP contribution in [0.25, 0.3) is 0 Å². The maximum absolute atomic E-state index is 12.2. The summed E-state index contributed by atoms with van der Waals surface area (Å²) in [5, 5.41) is 9.53. The van der Waals surface area contributed by atoms with Crippen LogP contribution in [0.4, 0.5) is 0 Å². The van der Waals surface area contributed by atoms with E-state index >= 15 is 0 Å². The Hall–Kier alpha value is 0.0600. The van der Waals surface area contributed by atoms with Gasteiger partial charge in [-0.3, -0.25) is 0 Å². The van der Waals surface area contributed by atoms with Crippen LogP contribution in [-0.4, -0.2) is 16.1 Å². The van der Waals surface area contributed by atoms with Gasteiger partial charge in [-0.2, -0.15) is 0 Å². The molecule has 2 fully saturated rings. The normalized spacial score (nSPS) is 29.1. The Balaban J connectivity index is 2.00. The molecule has 2 saturated carbocycles. The van der Waals surface area contributed by atoms with E-state index in [1.807, 2.05) is 0 Å². The van der Waals surface area contributed by atoms with Gasteiger partial charge in [0.25, 0.3) is 5.34 Å². The van der Waals surface area contributed by atoms with Gasteiger partial charge in [0.05, 0.1) is 0 Å². The highest BCUT2D eigenvalue weighted by Gasteiger charge is 2.52. The lowest BCUT2D eigenvalue weighted by Gasteiger charge is -2.23. The van der Waals surface area contributed by atoms with Gasteiger partial charge in [0.1, 0.15) is 0 Å². The molecule has 0 radical (unpaired) electrons. The van der Waals surface area contributed by atoms with Crippen LogP contribution < -0.4 is 0 Å². The van der Waals surface area contributed by atoms with Gasteiger partial charge in [0.15, 0.2) is 5.66 Å². The van der Waals surface area contributed by atoms with Crippen LogP contribution >= 0.6 is 7.80 Å². The molecule has 0 aliphatic heterocycles. The number of aliphatic hydroxyl groups is 1. The number of rotatable bonds is 2. The van der Waals surface area contributed by atoms with E-state index in [0.717, 1.165) is 38.5 Å². The van der Waals surface area contributed by atoms with Crippen LogP contribution in [0.5, 0.6) is 0 Å². The highest BCUT2D eigenvalue weighted by Crippen LogP contribution is 2.53. The Morgan fingerprint density at radius 1 is 1.00 bits per heavy atom. The molecule has 14 heavy (non-hydrogen) atoms. The van der Waals surface area contributed by atoms with Crippen molar-refractivity contribution in [3.05, 3.63) is 0 Å². The molecule has 0 saturated heterocycles. The van der Waals surface area contributed by atoms with E-state index in [0.29, 0.717) is 5.66 Å². The third kappa shape index (κ3) is 2.01. The Bertz CT molecular complexity index is 215. The minimum absolute atomic E-state index is 0.327. The lowest BCUT2D eigenvalue weighted by molar-refractivity contribution is 0.0834. The second kappa shape index (κ2) is 4.28. The summed E-state index contributed by atoms with van der Waals surface area (Å²) in [4.78, 5) is 0. The van der Waals surface area contributed by atoms with Crippen LogP contribution in [0.2, 0.25) is 0 Å². The average molecular weight is 215 g/mol. The fraction of sp³-hybridized carbons (Fsp3) is 1.00. The summed E-state index contributed by atoms with van der Waals surface area (Å²) >= 11 is 0. The zero-order valence-corrected chi connectivity index (χ0v) is 9.64. The lowest BCUT2D eigenvalue weighted by atomic mass is 9.97. The van der Waals surface area contributed by atoms with Crippen molar-refractivity contribution in [1.82, 2.24) is 0 Å². The molecule has 2 aliphatic rings. The Morgan fingerprint density at radius 2 is 1.57 bits per heavy atom. The third-order valence-corrected chi connectivity index (χ3v) is 6.17. The molecule has 0 bridgehead atoms. The van der Waals surface area contributed by atoms with E-state index in [4.69, 9.17) is 0 Å². The molecule has 1 unspecified atom stereocenters. The number of hydrogen-bond donors (Lipinski definition) is 1. The first-order chi connectivity index (χ1) is 6.72. The van der Waals surface area contributed by atoms with E-state index in [-0.39, 0.29) is 0 Å². The van der Waals surface area contributed by atoms with Crippen molar-refractivity contribution in [3.8, 4) is 0 Å². The second-order valence-electron chi connectivity index (χ2n) is 4.81. The smallest absolute Gasteiger partial charge is 0.349 e. The second-order valence-corrected chi connectivity index (χ2v) is 7.02. The summed E-state index contributed by atoms with van der Waals surface area (Å²) in [6, 6.07) is 0. The van der Waals surface area contributed by atoms with Crippen molar-refractivity contribution < 1.29 is 9.67 Å². The van der Waals surface area contributed by atoms with Gasteiger partial charge in [0, 0.05) is 12.8 Å². The molecular formula is C11H20O2P+. The first-order valence-corrected chi connectivity index (χ1v) is 7.24. The summed E-state index contributed by atoms with van der Waals surface area (Å²) in [6.45, 7) is 0. The lowest BCUT2D eigenvalue weighted by Crippen LogP contribution is -2.29. The van der Waals surface area contributed by atoms with Gasteiger partial charge in [-0.05, 0) is 38.5 Å². The minimum atomic E-state index is -1.38. The zero-order chi connectivity index (χ0) is 10.0. The van der Waals surface area contributed by atoms with Crippen molar-refractivity contribution in [2.75, 3.05) is 0 Å². The molecule has 0 spiro atoms. The minimum Gasteiger partial charge on any atom is -0.349 e. The molecule has 3 heteroatoms. The average Bonchev–Trinajstić information content (AvgIpc) is 2.70. The fourth-order valence-corrected chi connectivity index (χ4v) is 5.09. The van der Waals surface area contributed by atoms with E-state index in [2.05, 4.69) is 0 Å². The van der Waals surface area contributed by atoms with E-state index < -0.39 is 13.1 Å². The first-order valence-electron chi connectivity index (χ1n) is 5.91. The van der Waals surface area contributed by atoms with Gasteiger partial charge < -0.3 is 5.11 Å². The van der Waals surface area contributed by atoms with Crippen molar-refractivity contribution in [2.24, 2.45) is 0 Å². The van der Waals surface area contributed by atoms with Crippen LogP contribution in [0, 0.1) is 0 Å². The topological polar surface area (TPSA) is 37.3 Å². The molecule has 0 aromatic rings. The molecule has 1 N–H and O–H groups in total. The Morgan fingerprint density at radius 3 is 2.14 bits per heavy atom. The van der Waals surface area contributed by atoms with Crippen molar-refractivity contribution >= 4 is 7.80 Å². The Kier molecular flexibility index (Phi) is 3.23. The van der Waals surface area contributed by atoms with E-state index in [1.165, 1.54) is 19.3 Å². The molecule has 2 nitrogen and oxygen atoms in total. The van der Waals surface area contributed by atoms with Gasteiger partial charge in [-0.1, -0.05) is 11.0 Å². The SMILES string of the molecule is O=[P+](C1CCCC1)C1(O)CCCCC1. The van der Waals surface area contributed by atoms with Gasteiger partial charge in [0.2, 0.25) is 0 Å². The van der Waals surface area contributed by atoms with Crippen LogP contribution in [0.3, 0.4) is 0 Å².